The van der Waals surface area contributed by atoms with Gasteiger partial charge in [-0.1, -0.05) is 56.7 Å². The Labute approximate surface area is 112 Å². The summed E-state index contributed by atoms with van der Waals surface area (Å²) in [4.78, 5) is 0. The van der Waals surface area contributed by atoms with E-state index in [1.165, 1.54) is 69.8 Å². The molecule has 0 atom stereocenters. The molecule has 0 heterocycles. The Hall–Kier alpha value is -0.780. The Morgan fingerprint density at radius 2 is 1.33 bits per heavy atom. The lowest BCUT2D eigenvalue weighted by atomic mass is 9.81. The summed E-state index contributed by atoms with van der Waals surface area (Å²) in [5.74, 6) is 1.63. The summed E-state index contributed by atoms with van der Waals surface area (Å²) >= 11 is 0. The highest BCUT2D eigenvalue weighted by Crippen LogP contribution is 2.35. The SMILES string of the molecule is [c]1cc(C2CCCCC2)ccc1C1CCCCC1. The molecule has 3 rings (SSSR count). The lowest BCUT2D eigenvalue weighted by molar-refractivity contribution is 0.439. The number of rotatable bonds is 2. The lowest BCUT2D eigenvalue weighted by Gasteiger charge is -2.24. The van der Waals surface area contributed by atoms with Gasteiger partial charge in [-0.3, -0.25) is 0 Å². The summed E-state index contributed by atoms with van der Waals surface area (Å²) in [6.07, 6.45) is 14.2. The molecule has 2 aliphatic carbocycles. The molecule has 0 saturated heterocycles. The Bertz CT molecular complexity index is 313. The van der Waals surface area contributed by atoms with Crippen molar-refractivity contribution in [2.24, 2.45) is 0 Å². The van der Waals surface area contributed by atoms with Gasteiger partial charge in [0.05, 0.1) is 0 Å². The van der Waals surface area contributed by atoms with Crippen molar-refractivity contribution >= 4 is 0 Å². The van der Waals surface area contributed by atoms with E-state index in [0.29, 0.717) is 0 Å². The molecule has 0 aliphatic heterocycles. The molecule has 1 aromatic rings. The molecule has 0 unspecified atom stereocenters. The first-order chi connectivity index (χ1) is 8.93. The molecule has 2 saturated carbocycles. The van der Waals surface area contributed by atoms with Gasteiger partial charge >= 0.3 is 0 Å². The van der Waals surface area contributed by atoms with Crippen molar-refractivity contribution in [2.45, 2.75) is 76.0 Å². The van der Waals surface area contributed by atoms with Gasteiger partial charge in [0.15, 0.2) is 0 Å². The summed E-state index contributed by atoms with van der Waals surface area (Å²) < 4.78 is 0. The molecule has 0 bridgehead atoms. The molecular weight excluding hydrogens is 216 g/mol. The van der Waals surface area contributed by atoms with Crippen LogP contribution in [0.2, 0.25) is 0 Å². The van der Waals surface area contributed by atoms with Gasteiger partial charge in [-0.25, -0.2) is 0 Å². The third-order valence-electron chi connectivity index (χ3n) is 4.98. The van der Waals surface area contributed by atoms with Crippen LogP contribution in [0.5, 0.6) is 0 Å². The van der Waals surface area contributed by atoms with Crippen molar-refractivity contribution in [3.63, 3.8) is 0 Å². The molecule has 1 aromatic carbocycles. The number of benzene rings is 1. The topological polar surface area (TPSA) is 0 Å². The van der Waals surface area contributed by atoms with E-state index in [1.54, 1.807) is 5.56 Å². The molecule has 0 nitrogen and oxygen atoms in total. The second-order valence-corrected chi connectivity index (χ2v) is 6.25. The van der Waals surface area contributed by atoms with E-state index in [4.69, 9.17) is 0 Å². The predicted molar refractivity (Wildman–Crippen MR) is 76.9 cm³/mol. The van der Waals surface area contributed by atoms with E-state index in [1.807, 2.05) is 0 Å². The third kappa shape index (κ3) is 2.79. The van der Waals surface area contributed by atoms with Gasteiger partial charge < -0.3 is 0 Å². The van der Waals surface area contributed by atoms with Crippen LogP contribution in [0.25, 0.3) is 0 Å². The Morgan fingerprint density at radius 3 is 1.89 bits per heavy atom. The highest BCUT2D eigenvalue weighted by Gasteiger charge is 2.18. The molecule has 0 aromatic heterocycles. The maximum Gasteiger partial charge on any atom is -0.0143 e. The maximum absolute atomic E-state index is 3.60. The Morgan fingerprint density at radius 1 is 0.722 bits per heavy atom. The first kappa shape index (κ1) is 12.3. The minimum absolute atomic E-state index is 0.805. The van der Waals surface area contributed by atoms with E-state index >= 15 is 0 Å². The van der Waals surface area contributed by atoms with Crippen LogP contribution in [0.15, 0.2) is 18.2 Å². The highest BCUT2D eigenvalue weighted by atomic mass is 14.2. The van der Waals surface area contributed by atoms with Crippen LogP contribution in [0, 0.1) is 6.07 Å². The zero-order valence-corrected chi connectivity index (χ0v) is 11.5. The van der Waals surface area contributed by atoms with Gasteiger partial charge in [0.25, 0.3) is 0 Å². The molecular formula is C18H25. The van der Waals surface area contributed by atoms with Gasteiger partial charge in [-0.05, 0) is 54.7 Å². The van der Waals surface area contributed by atoms with Crippen molar-refractivity contribution in [1.82, 2.24) is 0 Å². The van der Waals surface area contributed by atoms with Crippen LogP contribution in [0.3, 0.4) is 0 Å². The van der Waals surface area contributed by atoms with Crippen LogP contribution in [-0.2, 0) is 0 Å². The summed E-state index contributed by atoms with van der Waals surface area (Å²) in [6, 6.07) is 10.7. The molecule has 0 spiro atoms. The average Bonchev–Trinajstić information content (AvgIpc) is 2.49. The second kappa shape index (κ2) is 5.91. The standard InChI is InChI=1S/C18H25/c1-3-7-15(8-4-1)17-11-13-18(14-12-17)16-9-5-2-6-10-16/h11-13,15-16H,1-10H2. The third-order valence-corrected chi connectivity index (χ3v) is 4.98. The molecule has 0 heteroatoms. The van der Waals surface area contributed by atoms with Gasteiger partial charge in [0, 0.05) is 0 Å². The van der Waals surface area contributed by atoms with E-state index in [0.717, 1.165) is 11.8 Å². The van der Waals surface area contributed by atoms with E-state index in [-0.39, 0.29) is 0 Å². The molecule has 0 amide bonds. The summed E-state index contributed by atoms with van der Waals surface area (Å²) in [5, 5.41) is 0. The summed E-state index contributed by atoms with van der Waals surface area (Å²) in [5.41, 5.74) is 3.03. The van der Waals surface area contributed by atoms with Crippen LogP contribution < -0.4 is 0 Å². The minimum Gasteiger partial charge on any atom is -0.0584 e. The zero-order valence-electron chi connectivity index (χ0n) is 11.5. The van der Waals surface area contributed by atoms with Gasteiger partial charge in [0.1, 0.15) is 0 Å². The van der Waals surface area contributed by atoms with Crippen molar-refractivity contribution in [3.05, 3.63) is 35.4 Å². The summed E-state index contributed by atoms with van der Waals surface area (Å²) in [6.45, 7) is 0. The largest absolute Gasteiger partial charge is 0.0584 e. The second-order valence-electron chi connectivity index (χ2n) is 6.25. The number of hydrogen-bond donors (Lipinski definition) is 0. The van der Waals surface area contributed by atoms with Crippen LogP contribution in [0.4, 0.5) is 0 Å². The maximum atomic E-state index is 3.60. The quantitative estimate of drug-likeness (QED) is 0.634. The molecule has 18 heavy (non-hydrogen) atoms. The van der Waals surface area contributed by atoms with E-state index in [9.17, 15) is 0 Å². The average molecular weight is 241 g/mol. The highest BCUT2D eigenvalue weighted by molar-refractivity contribution is 5.27. The minimum atomic E-state index is 0.805. The zero-order chi connectivity index (χ0) is 12.2. The first-order valence-corrected chi connectivity index (χ1v) is 7.95. The number of hydrogen-bond acceptors (Lipinski definition) is 0. The fourth-order valence-electron chi connectivity index (χ4n) is 3.81. The predicted octanol–water partition coefficient (Wildman–Crippen LogP) is 5.58. The monoisotopic (exact) mass is 241 g/mol. The van der Waals surface area contributed by atoms with Crippen LogP contribution in [0.1, 0.15) is 87.2 Å². The normalized spacial score (nSPS) is 23.1. The molecule has 2 aliphatic rings. The van der Waals surface area contributed by atoms with Gasteiger partial charge in [-0.15, -0.1) is 0 Å². The molecule has 2 fully saturated rings. The van der Waals surface area contributed by atoms with Crippen molar-refractivity contribution in [1.29, 1.82) is 0 Å². The van der Waals surface area contributed by atoms with Gasteiger partial charge in [-0.2, -0.15) is 0 Å². The van der Waals surface area contributed by atoms with Crippen molar-refractivity contribution in [3.8, 4) is 0 Å². The molecule has 97 valence electrons. The Balaban J connectivity index is 1.67. The van der Waals surface area contributed by atoms with Crippen LogP contribution in [-0.4, -0.2) is 0 Å². The van der Waals surface area contributed by atoms with Crippen LogP contribution >= 0.6 is 0 Å². The fraction of sp³-hybridized carbons (Fsp3) is 0.667. The fourth-order valence-corrected chi connectivity index (χ4v) is 3.81. The summed E-state index contributed by atoms with van der Waals surface area (Å²) in [7, 11) is 0. The lowest BCUT2D eigenvalue weighted by Crippen LogP contribution is -2.07. The molecule has 1 radical (unpaired) electrons. The van der Waals surface area contributed by atoms with Crippen molar-refractivity contribution < 1.29 is 0 Å². The van der Waals surface area contributed by atoms with E-state index in [2.05, 4.69) is 24.3 Å². The van der Waals surface area contributed by atoms with Crippen molar-refractivity contribution in [2.75, 3.05) is 0 Å². The smallest absolute Gasteiger partial charge is 0.0143 e. The Kier molecular flexibility index (Phi) is 4.02. The molecule has 0 N–H and O–H groups in total. The van der Waals surface area contributed by atoms with E-state index < -0.39 is 0 Å². The van der Waals surface area contributed by atoms with Gasteiger partial charge in [0.2, 0.25) is 0 Å². The first-order valence-electron chi connectivity index (χ1n) is 7.95.